The molecule has 1 atom stereocenters. The van der Waals surface area contributed by atoms with Crippen LogP contribution in [0.4, 0.5) is 0 Å². The smallest absolute Gasteiger partial charge is 0.0469 e. The number of ether oxygens (including phenoxy) is 1. The highest BCUT2D eigenvalue weighted by atomic mass is 16.5. The van der Waals surface area contributed by atoms with Crippen molar-refractivity contribution in [1.82, 2.24) is 5.43 Å². The molecule has 1 saturated heterocycles. The third kappa shape index (κ3) is 4.96. The van der Waals surface area contributed by atoms with Crippen molar-refractivity contribution in [3.05, 3.63) is 0 Å². The molecule has 1 heterocycles. The number of hydrogen-bond donors (Lipinski definition) is 2. The Morgan fingerprint density at radius 3 is 2.47 bits per heavy atom. The molecule has 3 nitrogen and oxygen atoms in total. The Morgan fingerprint density at radius 2 is 1.93 bits per heavy atom. The molecule has 0 amide bonds. The minimum Gasteiger partial charge on any atom is -0.381 e. The van der Waals surface area contributed by atoms with Crippen molar-refractivity contribution in [2.24, 2.45) is 17.7 Å². The highest BCUT2D eigenvalue weighted by Crippen LogP contribution is 2.22. The summed E-state index contributed by atoms with van der Waals surface area (Å²) in [5, 5.41) is 0. The SMILES string of the molecule is CC(C)CCCC(NN)C1CCOCC1. The number of hydrogen-bond acceptors (Lipinski definition) is 3. The van der Waals surface area contributed by atoms with Gasteiger partial charge in [-0.3, -0.25) is 11.3 Å². The van der Waals surface area contributed by atoms with E-state index in [-0.39, 0.29) is 0 Å². The summed E-state index contributed by atoms with van der Waals surface area (Å²) in [6.45, 7) is 6.37. The first kappa shape index (κ1) is 12.9. The van der Waals surface area contributed by atoms with E-state index >= 15 is 0 Å². The van der Waals surface area contributed by atoms with Crippen LogP contribution in [-0.2, 0) is 4.74 Å². The van der Waals surface area contributed by atoms with Crippen LogP contribution in [0.1, 0.15) is 46.0 Å². The van der Waals surface area contributed by atoms with E-state index in [0.29, 0.717) is 6.04 Å². The molecule has 3 N–H and O–H groups in total. The van der Waals surface area contributed by atoms with E-state index in [1.54, 1.807) is 0 Å². The summed E-state index contributed by atoms with van der Waals surface area (Å²) in [7, 11) is 0. The van der Waals surface area contributed by atoms with E-state index in [2.05, 4.69) is 19.3 Å². The van der Waals surface area contributed by atoms with Crippen molar-refractivity contribution < 1.29 is 4.74 Å². The van der Waals surface area contributed by atoms with Crippen LogP contribution < -0.4 is 11.3 Å². The topological polar surface area (TPSA) is 47.3 Å². The van der Waals surface area contributed by atoms with E-state index in [9.17, 15) is 0 Å². The summed E-state index contributed by atoms with van der Waals surface area (Å²) in [6, 6.07) is 0.493. The number of hydrazine groups is 1. The van der Waals surface area contributed by atoms with Gasteiger partial charge in [0.15, 0.2) is 0 Å². The van der Waals surface area contributed by atoms with E-state index in [1.165, 1.54) is 19.3 Å². The Bertz CT molecular complexity index is 156. The molecule has 1 unspecified atom stereocenters. The van der Waals surface area contributed by atoms with Crippen molar-refractivity contribution in [3.8, 4) is 0 Å². The molecule has 1 aliphatic heterocycles. The van der Waals surface area contributed by atoms with Gasteiger partial charge in [-0.1, -0.05) is 26.7 Å². The average molecular weight is 214 g/mol. The summed E-state index contributed by atoms with van der Waals surface area (Å²) in [5.41, 5.74) is 2.99. The fraction of sp³-hybridized carbons (Fsp3) is 1.00. The predicted molar refractivity (Wildman–Crippen MR) is 63.3 cm³/mol. The van der Waals surface area contributed by atoms with E-state index in [4.69, 9.17) is 10.6 Å². The number of nitrogens with one attached hydrogen (secondary N) is 1. The Balaban J connectivity index is 2.21. The molecule has 3 heteroatoms. The van der Waals surface area contributed by atoms with Gasteiger partial charge in [-0.05, 0) is 31.1 Å². The second-order valence-electron chi connectivity index (χ2n) is 5.05. The first-order valence-corrected chi connectivity index (χ1v) is 6.28. The molecule has 0 aliphatic carbocycles. The maximum absolute atomic E-state index is 5.63. The van der Waals surface area contributed by atoms with Crippen molar-refractivity contribution in [3.63, 3.8) is 0 Å². The molecular formula is C12H26N2O. The van der Waals surface area contributed by atoms with Gasteiger partial charge in [0.25, 0.3) is 0 Å². The van der Waals surface area contributed by atoms with Gasteiger partial charge in [-0.25, -0.2) is 0 Å². The minimum absolute atomic E-state index is 0.493. The molecule has 1 rings (SSSR count). The second kappa shape index (κ2) is 7.20. The normalized spacial score (nSPS) is 20.8. The first-order valence-electron chi connectivity index (χ1n) is 6.28. The molecular weight excluding hydrogens is 188 g/mol. The standard InChI is InChI=1S/C12H26N2O/c1-10(2)4-3-5-12(14-13)11-6-8-15-9-7-11/h10-12,14H,3-9,13H2,1-2H3. The molecule has 0 spiro atoms. The van der Waals surface area contributed by atoms with Crippen LogP contribution in [-0.4, -0.2) is 19.3 Å². The third-order valence-corrected chi connectivity index (χ3v) is 3.35. The lowest BCUT2D eigenvalue weighted by Crippen LogP contribution is -2.42. The highest BCUT2D eigenvalue weighted by molar-refractivity contribution is 4.76. The van der Waals surface area contributed by atoms with Gasteiger partial charge < -0.3 is 4.74 Å². The van der Waals surface area contributed by atoms with Crippen molar-refractivity contribution in [1.29, 1.82) is 0 Å². The second-order valence-corrected chi connectivity index (χ2v) is 5.05. The fourth-order valence-corrected chi connectivity index (χ4v) is 2.32. The van der Waals surface area contributed by atoms with Gasteiger partial charge in [0.05, 0.1) is 0 Å². The molecule has 0 aromatic carbocycles. The van der Waals surface area contributed by atoms with Gasteiger partial charge in [-0.2, -0.15) is 0 Å². The Morgan fingerprint density at radius 1 is 1.27 bits per heavy atom. The van der Waals surface area contributed by atoms with Crippen LogP contribution in [0.3, 0.4) is 0 Å². The molecule has 90 valence electrons. The molecule has 0 aromatic heterocycles. The fourth-order valence-electron chi connectivity index (χ4n) is 2.32. The Labute approximate surface area is 93.7 Å². The molecule has 0 aromatic rings. The minimum atomic E-state index is 0.493. The summed E-state index contributed by atoms with van der Waals surface area (Å²) in [5.74, 6) is 7.15. The molecule has 15 heavy (non-hydrogen) atoms. The van der Waals surface area contributed by atoms with Crippen molar-refractivity contribution in [2.45, 2.75) is 52.0 Å². The van der Waals surface area contributed by atoms with Crippen molar-refractivity contribution >= 4 is 0 Å². The van der Waals surface area contributed by atoms with E-state index in [0.717, 1.165) is 37.9 Å². The maximum Gasteiger partial charge on any atom is 0.0469 e. The zero-order valence-corrected chi connectivity index (χ0v) is 10.2. The third-order valence-electron chi connectivity index (χ3n) is 3.35. The summed E-state index contributed by atoms with van der Waals surface area (Å²) < 4.78 is 5.37. The van der Waals surface area contributed by atoms with E-state index < -0.39 is 0 Å². The van der Waals surface area contributed by atoms with Crippen LogP contribution >= 0.6 is 0 Å². The van der Waals surface area contributed by atoms with Gasteiger partial charge in [0, 0.05) is 19.3 Å². The van der Waals surface area contributed by atoms with Crippen LogP contribution in [0.2, 0.25) is 0 Å². The molecule has 0 radical (unpaired) electrons. The predicted octanol–water partition coefficient (Wildman–Crippen LogP) is 2.07. The number of rotatable bonds is 6. The van der Waals surface area contributed by atoms with Gasteiger partial charge in [0.1, 0.15) is 0 Å². The van der Waals surface area contributed by atoms with Gasteiger partial charge in [-0.15, -0.1) is 0 Å². The van der Waals surface area contributed by atoms with E-state index in [1.807, 2.05) is 0 Å². The molecule has 0 saturated carbocycles. The lowest BCUT2D eigenvalue weighted by molar-refractivity contribution is 0.0521. The quantitative estimate of drug-likeness (QED) is 0.525. The van der Waals surface area contributed by atoms with Crippen molar-refractivity contribution in [2.75, 3.05) is 13.2 Å². The lowest BCUT2D eigenvalue weighted by Gasteiger charge is -2.30. The Kier molecular flexibility index (Phi) is 6.22. The first-order chi connectivity index (χ1) is 7.24. The van der Waals surface area contributed by atoms with Crippen LogP contribution in [0, 0.1) is 11.8 Å². The monoisotopic (exact) mass is 214 g/mol. The summed E-state index contributed by atoms with van der Waals surface area (Å²) in [4.78, 5) is 0. The van der Waals surface area contributed by atoms with Gasteiger partial charge >= 0.3 is 0 Å². The molecule has 1 fully saturated rings. The summed E-state index contributed by atoms with van der Waals surface area (Å²) >= 11 is 0. The molecule has 0 bridgehead atoms. The van der Waals surface area contributed by atoms with Crippen LogP contribution in [0.5, 0.6) is 0 Å². The summed E-state index contributed by atoms with van der Waals surface area (Å²) in [6.07, 6.45) is 6.12. The Hall–Kier alpha value is -0.120. The highest BCUT2D eigenvalue weighted by Gasteiger charge is 2.22. The zero-order valence-electron chi connectivity index (χ0n) is 10.2. The molecule has 1 aliphatic rings. The van der Waals surface area contributed by atoms with Crippen LogP contribution in [0.15, 0.2) is 0 Å². The maximum atomic E-state index is 5.63. The number of nitrogens with two attached hydrogens (primary N) is 1. The van der Waals surface area contributed by atoms with Crippen LogP contribution in [0.25, 0.3) is 0 Å². The largest absolute Gasteiger partial charge is 0.381 e. The lowest BCUT2D eigenvalue weighted by atomic mass is 9.88. The van der Waals surface area contributed by atoms with Gasteiger partial charge in [0.2, 0.25) is 0 Å². The zero-order chi connectivity index (χ0) is 11.1. The average Bonchev–Trinajstić information content (AvgIpc) is 2.25.